The number of pyridine rings is 1. The molecular weight excluding hydrogens is 284 g/mol. The third-order valence-corrected chi connectivity index (χ3v) is 4.30. The summed E-state index contributed by atoms with van der Waals surface area (Å²) < 4.78 is 4.62. The highest BCUT2D eigenvalue weighted by molar-refractivity contribution is 7.98. The molecule has 1 aromatic carbocycles. The number of nitrogens with two attached hydrogens (primary N) is 1. The molecule has 1 heterocycles. The van der Waals surface area contributed by atoms with E-state index in [9.17, 15) is 4.79 Å². The molecule has 2 N–H and O–H groups in total. The quantitative estimate of drug-likeness (QED) is 0.656. The number of esters is 1. The standard InChI is InChI=1S/C16H20N2O2S/c1-11-9-12(13-5-3-4-6-15(13)18-11)10-21-8-7-14(17)16(19)20-2/h3-6,9,14H,7-8,10,17H2,1-2H3. The van der Waals surface area contributed by atoms with Crippen molar-refractivity contribution in [2.45, 2.75) is 25.1 Å². The molecule has 1 atom stereocenters. The van der Waals surface area contributed by atoms with Gasteiger partial charge in [0, 0.05) is 16.8 Å². The van der Waals surface area contributed by atoms with Crippen molar-refractivity contribution in [1.29, 1.82) is 0 Å². The normalized spacial score (nSPS) is 12.3. The van der Waals surface area contributed by atoms with Crippen LogP contribution in [-0.2, 0) is 15.3 Å². The van der Waals surface area contributed by atoms with E-state index in [0.29, 0.717) is 6.42 Å². The molecule has 1 aromatic heterocycles. The topological polar surface area (TPSA) is 65.2 Å². The maximum Gasteiger partial charge on any atom is 0.322 e. The summed E-state index contributed by atoms with van der Waals surface area (Å²) >= 11 is 1.77. The molecule has 0 saturated heterocycles. The summed E-state index contributed by atoms with van der Waals surface area (Å²) in [6, 6.07) is 9.75. The first kappa shape index (κ1) is 15.8. The zero-order valence-corrected chi connectivity index (χ0v) is 13.2. The summed E-state index contributed by atoms with van der Waals surface area (Å²) in [6.45, 7) is 2.01. The smallest absolute Gasteiger partial charge is 0.322 e. The van der Waals surface area contributed by atoms with E-state index in [0.717, 1.165) is 22.7 Å². The lowest BCUT2D eigenvalue weighted by Gasteiger charge is -2.10. The summed E-state index contributed by atoms with van der Waals surface area (Å²) in [5.74, 6) is 1.37. The summed E-state index contributed by atoms with van der Waals surface area (Å²) in [6.07, 6.45) is 0.624. The molecule has 21 heavy (non-hydrogen) atoms. The Hall–Kier alpha value is -1.59. The number of methoxy groups -OCH3 is 1. The lowest BCUT2D eigenvalue weighted by molar-refractivity contribution is -0.142. The number of carbonyl (C=O) groups is 1. The summed E-state index contributed by atoms with van der Waals surface area (Å²) in [4.78, 5) is 15.8. The second-order valence-corrected chi connectivity index (χ2v) is 6.02. The van der Waals surface area contributed by atoms with Gasteiger partial charge in [0.05, 0.1) is 12.6 Å². The van der Waals surface area contributed by atoms with Gasteiger partial charge in [0.2, 0.25) is 0 Å². The van der Waals surface area contributed by atoms with E-state index in [2.05, 4.69) is 21.9 Å². The summed E-state index contributed by atoms with van der Waals surface area (Å²) in [5, 5.41) is 1.19. The number of ether oxygens (including phenoxy) is 1. The van der Waals surface area contributed by atoms with E-state index in [1.807, 2.05) is 25.1 Å². The van der Waals surface area contributed by atoms with E-state index >= 15 is 0 Å². The third-order valence-electron chi connectivity index (χ3n) is 3.26. The molecule has 112 valence electrons. The van der Waals surface area contributed by atoms with Gasteiger partial charge in [0.25, 0.3) is 0 Å². The van der Waals surface area contributed by atoms with E-state index in [1.165, 1.54) is 18.1 Å². The van der Waals surface area contributed by atoms with Crippen molar-refractivity contribution >= 4 is 28.6 Å². The van der Waals surface area contributed by atoms with Crippen LogP contribution in [0.4, 0.5) is 0 Å². The Balaban J connectivity index is 1.96. The maximum atomic E-state index is 11.2. The largest absolute Gasteiger partial charge is 0.468 e. The van der Waals surface area contributed by atoms with Crippen molar-refractivity contribution in [2.75, 3.05) is 12.9 Å². The van der Waals surface area contributed by atoms with Crippen LogP contribution < -0.4 is 5.73 Å². The van der Waals surface area contributed by atoms with Gasteiger partial charge in [0.1, 0.15) is 6.04 Å². The summed E-state index contributed by atoms with van der Waals surface area (Å²) in [7, 11) is 1.36. The van der Waals surface area contributed by atoms with Gasteiger partial charge in [0.15, 0.2) is 0 Å². The second-order valence-electron chi connectivity index (χ2n) is 4.91. The van der Waals surface area contributed by atoms with Gasteiger partial charge in [-0.2, -0.15) is 11.8 Å². The minimum absolute atomic E-state index is 0.346. The molecule has 2 aromatic rings. The first-order chi connectivity index (χ1) is 10.1. The molecular formula is C16H20N2O2S. The molecule has 0 aliphatic carbocycles. The van der Waals surface area contributed by atoms with Gasteiger partial charge in [-0.15, -0.1) is 0 Å². The number of aryl methyl sites for hydroxylation is 1. The number of para-hydroxylation sites is 1. The van der Waals surface area contributed by atoms with Crippen molar-refractivity contribution in [2.24, 2.45) is 5.73 Å². The van der Waals surface area contributed by atoms with E-state index in [1.54, 1.807) is 11.8 Å². The first-order valence-corrected chi connectivity index (χ1v) is 8.03. The zero-order valence-electron chi connectivity index (χ0n) is 12.3. The molecule has 0 bridgehead atoms. The molecule has 0 fully saturated rings. The molecule has 0 spiro atoms. The highest BCUT2D eigenvalue weighted by Gasteiger charge is 2.13. The molecule has 5 heteroatoms. The Labute approximate surface area is 129 Å². The van der Waals surface area contributed by atoms with Crippen LogP contribution in [0.25, 0.3) is 10.9 Å². The average Bonchev–Trinajstić information content (AvgIpc) is 2.50. The monoisotopic (exact) mass is 304 g/mol. The molecule has 4 nitrogen and oxygen atoms in total. The molecule has 0 amide bonds. The second kappa shape index (κ2) is 7.43. The third kappa shape index (κ3) is 4.19. The predicted molar refractivity (Wildman–Crippen MR) is 87.3 cm³/mol. The first-order valence-electron chi connectivity index (χ1n) is 6.88. The van der Waals surface area contributed by atoms with Crippen molar-refractivity contribution in [3.8, 4) is 0 Å². The summed E-state index contributed by atoms with van der Waals surface area (Å²) in [5.41, 5.74) is 9.05. The maximum absolute atomic E-state index is 11.2. The van der Waals surface area contributed by atoms with Crippen LogP contribution in [0.2, 0.25) is 0 Å². The molecule has 0 radical (unpaired) electrons. The predicted octanol–water partition coefficient (Wildman–Crippen LogP) is 2.67. The van der Waals surface area contributed by atoms with Crippen LogP contribution in [0.3, 0.4) is 0 Å². The van der Waals surface area contributed by atoms with Crippen molar-refractivity contribution < 1.29 is 9.53 Å². The van der Waals surface area contributed by atoms with Gasteiger partial charge < -0.3 is 10.5 Å². The van der Waals surface area contributed by atoms with Crippen LogP contribution in [0.15, 0.2) is 30.3 Å². The van der Waals surface area contributed by atoms with Crippen molar-refractivity contribution in [3.63, 3.8) is 0 Å². The zero-order chi connectivity index (χ0) is 15.2. The fraction of sp³-hybridized carbons (Fsp3) is 0.375. The Morgan fingerprint density at radius 3 is 2.95 bits per heavy atom. The number of aromatic nitrogens is 1. The van der Waals surface area contributed by atoms with Crippen LogP contribution >= 0.6 is 11.8 Å². The average molecular weight is 304 g/mol. The number of thioether (sulfide) groups is 1. The minimum Gasteiger partial charge on any atom is -0.468 e. The molecule has 0 aliphatic heterocycles. The number of benzene rings is 1. The lowest BCUT2D eigenvalue weighted by atomic mass is 10.1. The SMILES string of the molecule is COC(=O)C(N)CCSCc1cc(C)nc2ccccc12. The van der Waals surface area contributed by atoms with Gasteiger partial charge in [-0.1, -0.05) is 18.2 Å². The number of nitrogens with zero attached hydrogens (tertiary/aromatic N) is 1. The molecule has 2 rings (SSSR count). The van der Waals surface area contributed by atoms with E-state index < -0.39 is 6.04 Å². The van der Waals surface area contributed by atoms with Crippen LogP contribution in [0.1, 0.15) is 17.7 Å². The number of hydrogen-bond donors (Lipinski definition) is 1. The van der Waals surface area contributed by atoms with Crippen molar-refractivity contribution in [3.05, 3.63) is 41.6 Å². The van der Waals surface area contributed by atoms with Gasteiger partial charge in [-0.05, 0) is 36.8 Å². The fourth-order valence-corrected chi connectivity index (χ4v) is 3.20. The number of carbonyl (C=O) groups excluding carboxylic acids is 1. The minimum atomic E-state index is -0.529. The Kier molecular flexibility index (Phi) is 5.59. The number of hydrogen-bond acceptors (Lipinski definition) is 5. The van der Waals surface area contributed by atoms with Gasteiger partial charge >= 0.3 is 5.97 Å². The Bertz CT molecular complexity index is 631. The van der Waals surface area contributed by atoms with Crippen LogP contribution in [0.5, 0.6) is 0 Å². The van der Waals surface area contributed by atoms with Crippen molar-refractivity contribution in [1.82, 2.24) is 4.98 Å². The number of fused-ring (bicyclic) bond motifs is 1. The fourth-order valence-electron chi connectivity index (χ4n) is 2.18. The highest BCUT2D eigenvalue weighted by atomic mass is 32.2. The molecule has 0 aliphatic rings. The number of rotatable bonds is 6. The van der Waals surface area contributed by atoms with E-state index in [-0.39, 0.29) is 5.97 Å². The van der Waals surface area contributed by atoms with Gasteiger partial charge in [-0.25, -0.2) is 0 Å². The Morgan fingerprint density at radius 2 is 2.19 bits per heavy atom. The lowest BCUT2D eigenvalue weighted by Crippen LogP contribution is -2.31. The van der Waals surface area contributed by atoms with Crippen LogP contribution in [0, 0.1) is 6.92 Å². The Morgan fingerprint density at radius 1 is 1.43 bits per heavy atom. The molecule has 0 saturated carbocycles. The molecule has 1 unspecified atom stereocenters. The van der Waals surface area contributed by atoms with Gasteiger partial charge in [-0.3, -0.25) is 9.78 Å². The van der Waals surface area contributed by atoms with E-state index in [4.69, 9.17) is 5.73 Å². The highest BCUT2D eigenvalue weighted by Crippen LogP contribution is 2.23. The van der Waals surface area contributed by atoms with Crippen LogP contribution in [-0.4, -0.2) is 29.9 Å².